The molecule has 0 radical (unpaired) electrons. The van der Waals surface area contributed by atoms with Gasteiger partial charge in [-0.3, -0.25) is 4.79 Å². The lowest BCUT2D eigenvalue weighted by Gasteiger charge is -2.35. The summed E-state index contributed by atoms with van der Waals surface area (Å²) >= 11 is 0. The number of hydrogen-bond acceptors (Lipinski definition) is 3. The second-order valence-electron chi connectivity index (χ2n) is 6.49. The molecule has 2 amide bonds. The van der Waals surface area contributed by atoms with Gasteiger partial charge in [-0.2, -0.15) is 0 Å². The van der Waals surface area contributed by atoms with Gasteiger partial charge < -0.3 is 15.4 Å². The maximum absolute atomic E-state index is 12.4. The molecule has 5 nitrogen and oxygen atoms in total. The normalized spacial score (nSPS) is 16.4. The number of amides is 2. The van der Waals surface area contributed by atoms with Crippen LogP contribution < -0.4 is 5.73 Å². The van der Waals surface area contributed by atoms with Gasteiger partial charge in [0.05, 0.1) is 0 Å². The molecule has 0 spiro atoms. The molecule has 2 rings (SSSR count). The number of piperidine rings is 1. The molecule has 1 aromatic rings. The molecule has 22 heavy (non-hydrogen) atoms. The molecule has 1 saturated heterocycles. The van der Waals surface area contributed by atoms with Crippen LogP contribution in [-0.4, -0.2) is 35.6 Å². The maximum Gasteiger partial charge on any atom is 0.405 e. The van der Waals surface area contributed by atoms with Gasteiger partial charge in [-0.15, -0.1) is 0 Å². The van der Waals surface area contributed by atoms with Crippen molar-refractivity contribution in [1.29, 1.82) is 0 Å². The SMILES string of the molecule is CC(C)(CC1CCN(C(=O)c2ccccc2)CC1)OC(N)=O. The van der Waals surface area contributed by atoms with Crippen LogP contribution in [0.15, 0.2) is 30.3 Å². The Labute approximate surface area is 131 Å². The van der Waals surface area contributed by atoms with Gasteiger partial charge in [0, 0.05) is 18.7 Å². The number of benzene rings is 1. The highest BCUT2D eigenvalue weighted by Gasteiger charge is 2.30. The first-order valence-corrected chi connectivity index (χ1v) is 7.70. The number of hydrogen-bond donors (Lipinski definition) is 1. The molecule has 0 unspecified atom stereocenters. The van der Waals surface area contributed by atoms with Crippen molar-refractivity contribution in [2.45, 2.75) is 38.7 Å². The van der Waals surface area contributed by atoms with E-state index in [9.17, 15) is 9.59 Å². The number of rotatable bonds is 4. The number of nitrogens with two attached hydrogens (primary N) is 1. The van der Waals surface area contributed by atoms with E-state index in [1.807, 2.05) is 49.1 Å². The average molecular weight is 304 g/mol. The van der Waals surface area contributed by atoms with Crippen LogP contribution in [0.5, 0.6) is 0 Å². The summed E-state index contributed by atoms with van der Waals surface area (Å²) in [6.45, 7) is 5.23. The van der Waals surface area contributed by atoms with E-state index in [0.717, 1.165) is 37.9 Å². The summed E-state index contributed by atoms with van der Waals surface area (Å²) in [5, 5.41) is 0. The predicted octanol–water partition coefficient (Wildman–Crippen LogP) is 2.80. The average Bonchev–Trinajstić information content (AvgIpc) is 2.46. The fraction of sp³-hybridized carbons (Fsp3) is 0.529. The third kappa shape index (κ3) is 4.48. The summed E-state index contributed by atoms with van der Waals surface area (Å²) in [5.74, 6) is 0.529. The van der Waals surface area contributed by atoms with E-state index in [0.29, 0.717) is 5.92 Å². The zero-order chi connectivity index (χ0) is 16.2. The molecule has 0 atom stereocenters. The highest BCUT2D eigenvalue weighted by Crippen LogP contribution is 2.28. The van der Waals surface area contributed by atoms with Crippen molar-refractivity contribution >= 4 is 12.0 Å². The topological polar surface area (TPSA) is 72.6 Å². The molecular weight excluding hydrogens is 280 g/mol. The van der Waals surface area contributed by atoms with Crippen LogP contribution in [0.3, 0.4) is 0 Å². The fourth-order valence-corrected chi connectivity index (χ4v) is 3.11. The van der Waals surface area contributed by atoms with Gasteiger partial charge in [-0.05, 0) is 51.2 Å². The van der Waals surface area contributed by atoms with Gasteiger partial charge in [-0.1, -0.05) is 18.2 Å². The van der Waals surface area contributed by atoms with Gasteiger partial charge in [0.1, 0.15) is 5.60 Å². The third-order valence-electron chi connectivity index (χ3n) is 4.08. The molecule has 2 N–H and O–H groups in total. The van der Waals surface area contributed by atoms with Gasteiger partial charge >= 0.3 is 6.09 Å². The molecule has 1 aliphatic rings. The summed E-state index contributed by atoms with van der Waals surface area (Å²) in [7, 11) is 0. The summed E-state index contributed by atoms with van der Waals surface area (Å²) in [4.78, 5) is 25.2. The summed E-state index contributed by atoms with van der Waals surface area (Å²) in [6, 6.07) is 9.35. The second-order valence-corrected chi connectivity index (χ2v) is 6.49. The van der Waals surface area contributed by atoms with Crippen LogP contribution >= 0.6 is 0 Å². The lowest BCUT2D eigenvalue weighted by atomic mass is 9.86. The zero-order valence-corrected chi connectivity index (χ0v) is 13.2. The van der Waals surface area contributed by atoms with Gasteiger partial charge in [0.25, 0.3) is 5.91 Å². The highest BCUT2D eigenvalue weighted by atomic mass is 16.6. The van der Waals surface area contributed by atoms with Gasteiger partial charge in [-0.25, -0.2) is 4.79 Å². The van der Waals surface area contributed by atoms with Crippen molar-refractivity contribution in [1.82, 2.24) is 4.90 Å². The Hall–Kier alpha value is -2.04. The Kier molecular flexibility index (Phi) is 5.06. The van der Waals surface area contributed by atoms with Crippen LogP contribution in [0, 0.1) is 5.92 Å². The molecule has 120 valence electrons. The molecule has 1 heterocycles. The maximum atomic E-state index is 12.4. The van der Waals surface area contributed by atoms with E-state index in [2.05, 4.69) is 0 Å². The van der Waals surface area contributed by atoms with Crippen LogP contribution in [-0.2, 0) is 4.74 Å². The van der Waals surface area contributed by atoms with Crippen molar-refractivity contribution in [3.05, 3.63) is 35.9 Å². The van der Waals surface area contributed by atoms with E-state index in [4.69, 9.17) is 10.5 Å². The Morgan fingerprint density at radius 1 is 1.23 bits per heavy atom. The number of likely N-dealkylation sites (tertiary alicyclic amines) is 1. The predicted molar refractivity (Wildman–Crippen MR) is 84.4 cm³/mol. The van der Waals surface area contributed by atoms with E-state index >= 15 is 0 Å². The fourth-order valence-electron chi connectivity index (χ4n) is 3.11. The first kappa shape index (κ1) is 16.3. The summed E-state index contributed by atoms with van der Waals surface area (Å²) < 4.78 is 5.14. The van der Waals surface area contributed by atoms with Gasteiger partial charge in [0.15, 0.2) is 0 Å². The van der Waals surface area contributed by atoms with Crippen molar-refractivity contribution in [3.63, 3.8) is 0 Å². The minimum atomic E-state index is -0.735. The lowest BCUT2D eigenvalue weighted by Crippen LogP contribution is -2.41. The lowest BCUT2D eigenvalue weighted by molar-refractivity contribution is 0.0174. The van der Waals surface area contributed by atoms with Gasteiger partial charge in [0.2, 0.25) is 0 Å². The Morgan fingerprint density at radius 2 is 1.82 bits per heavy atom. The molecule has 0 bridgehead atoms. The molecular formula is C17H24N2O3. The van der Waals surface area contributed by atoms with E-state index in [1.54, 1.807) is 0 Å². The van der Waals surface area contributed by atoms with E-state index in [-0.39, 0.29) is 5.91 Å². The number of ether oxygens (including phenoxy) is 1. The monoisotopic (exact) mass is 304 g/mol. The Bertz CT molecular complexity index is 520. The Balaban J connectivity index is 1.85. The third-order valence-corrected chi connectivity index (χ3v) is 4.08. The van der Waals surface area contributed by atoms with E-state index < -0.39 is 11.7 Å². The number of carbonyl (C=O) groups excluding carboxylic acids is 2. The van der Waals surface area contributed by atoms with Crippen LogP contribution in [0.1, 0.15) is 43.5 Å². The highest BCUT2D eigenvalue weighted by molar-refractivity contribution is 5.94. The second kappa shape index (κ2) is 6.81. The number of nitrogens with zero attached hydrogens (tertiary/aromatic N) is 1. The number of primary amides is 1. The summed E-state index contributed by atoms with van der Waals surface area (Å²) in [6.07, 6.45) is 1.87. The largest absolute Gasteiger partial charge is 0.444 e. The summed E-state index contributed by atoms with van der Waals surface area (Å²) in [5.41, 5.74) is 5.28. The molecule has 1 aromatic carbocycles. The van der Waals surface area contributed by atoms with Crippen LogP contribution in [0.2, 0.25) is 0 Å². The van der Waals surface area contributed by atoms with Crippen LogP contribution in [0.25, 0.3) is 0 Å². The molecule has 0 aromatic heterocycles. The number of carbonyl (C=O) groups is 2. The zero-order valence-electron chi connectivity index (χ0n) is 13.2. The first-order valence-electron chi connectivity index (χ1n) is 7.70. The minimum absolute atomic E-state index is 0.0895. The van der Waals surface area contributed by atoms with E-state index in [1.165, 1.54) is 0 Å². The molecule has 1 aliphatic heterocycles. The molecule has 0 saturated carbocycles. The first-order chi connectivity index (χ1) is 10.4. The van der Waals surface area contributed by atoms with Crippen molar-refractivity contribution < 1.29 is 14.3 Å². The molecule has 0 aliphatic carbocycles. The Morgan fingerprint density at radius 3 is 2.36 bits per heavy atom. The smallest absolute Gasteiger partial charge is 0.405 e. The minimum Gasteiger partial charge on any atom is -0.444 e. The van der Waals surface area contributed by atoms with Crippen molar-refractivity contribution in [3.8, 4) is 0 Å². The molecule has 1 fully saturated rings. The molecule has 5 heteroatoms. The standard InChI is InChI=1S/C17H24N2O3/c1-17(2,22-16(18)21)12-13-8-10-19(11-9-13)15(20)14-6-4-3-5-7-14/h3-7,13H,8-12H2,1-2H3,(H2,18,21). The van der Waals surface area contributed by atoms with Crippen LogP contribution in [0.4, 0.5) is 4.79 Å². The van der Waals surface area contributed by atoms with Crippen molar-refractivity contribution in [2.75, 3.05) is 13.1 Å². The van der Waals surface area contributed by atoms with Crippen molar-refractivity contribution in [2.24, 2.45) is 11.7 Å². The quantitative estimate of drug-likeness (QED) is 0.929.